The molecule has 1 aliphatic rings. The van der Waals surface area contributed by atoms with Crippen LogP contribution in [0.1, 0.15) is 65.7 Å². The summed E-state index contributed by atoms with van der Waals surface area (Å²) in [7, 11) is -2.70. The van der Waals surface area contributed by atoms with Gasteiger partial charge < -0.3 is 24.7 Å². The Morgan fingerprint density at radius 2 is 1.98 bits per heavy atom. The van der Waals surface area contributed by atoms with Crippen LogP contribution in [0.3, 0.4) is 0 Å². The number of hydrogen-bond donors (Lipinski definition) is 2. The Balaban J connectivity index is 1.83. The molecule has 1 saturated heterocycles. The molecule has 1 fully saturated rings. The third kappa shape index (κ3) is 7.62. The maximum Gasteiger partial charge on any atom is 0.613 e. The van der Waals surface area contributed by atoms with Crippen molar-refractivity contribution in [2.24, 2.45) is 11.8 Å². The Morgan fingerprint density at radius 1 is 1.27 bits per heavy atom. The molecule has 1 unspecified atom stereocenters. The third-order valence-electron chi connectivity index (χ3n) is 7.20. The van der Waals surface area contributed by atoms with Crippen LogP contribution in [0.4, 0.5) is 10.2 Å². The Bertz CT molecular complexity index is 1260. The average molecular weight is 599 g/mol. The van der Waals surface area contributed by atoms with Gasteiger partial charge in [-0.2, -0.15) is 5.10 Å². The lowest BCUT2D eigenvalue weighted by Gasteiger charge is -2.30. The molecule has 0 saturated carbocycles. The smallest absolute Gasteiger partial charge is 0.464 e. The summed E-state index contributed by atoms with van der Waals surface area (Å²) in [6.45, 7) is 6.39. The van der Waals surface area contributed by atoms with Crippen molar-refractivity contribution in [1.29, 1.82) is 0 Å². The van der Waals surface area contributed by atoms with Crippen LogP contribution in [0.25, 0.3) is 5.52 Å². The highest BCUT2D eigenvalue weighted by Gasteiger charge is 2.60. The van der Waals surface area contributed by atoms with Crippen molar-refractivity contribution in [2.45, 2.75) is 77.7 Å². The fourth-order valence-electron chi connectivity index (χ4n) is 4.87. The van der Waals surface area contributed by atoms with Crippen molar-refractivity contribution in [2.75, 3.05) is 25.6 Å². The SMILES string of the molecule is CCC(CC)COC(=O)[C@H](C)N[P+](=O)OC[C@@]1(CF)O[C@@H](c2ccc3c(N)ncnn23)[C@H](CC(C)=O)[C@@H]1OC(C)=O. The van der Waals surface area contributed by atoms with Gasteiger partial charge in [0.2, 0.25) is 0 Å². The third-order valence-corrected chi connectivity index (χ3v) is 8.16. The van der Waals surface area contributed by atoms with Gasteiger partial charge in [-0.05, 0) is 36.5 Å². The van der Waals surface area contributed by atoms with Crippen molar-refractivity contribution in [1.82, 2.24) is 19.7 Å². The molecule has 226 valence electrons. The molecule has 1 aliphatic heterocycles. The number of ether oxygens (including phenoxy) is 3. The number of ketones is 1. The first-order chi connectivity index (χ1) is 19.5. The lowest BCUT2D eigenvalue weighted by molar-refractivity contribution is -0.166. The first kappa shape index (κ1) is 32.5. The molecule has 3 heterocycles. The molecule has 2 aromatic heterocycles. The zero-order chi connectivity index (χ0) is 30.3. The minimum Gasteiger partial charge on any atom is -0.464 e. The maximum atomic E-state index is 14.9. The van der Waals surface area contributed by atoms with Gasteiger partial charge in [0, 0.05) is 19.3 Å². The van der Waals surface area contributed by atoms with Crippen LogP contribution in [0.2, 0.25) is 0 Å². The summed E-state index contributed by atoms with van der Waals surface area (Å²) < 4.78 is 51.6. The number of Topliss-reactive ketones (excluding diaryl/α,β-unsaturated/α-hetero) is 1. The summed E-state index contributed by atoms with van der Waals surface area (Å²) in [5, 5.41) is 6.72. The van der Waals surface area contributed by atoms with Crippen molar-refractivity contribution in [3.8, 4) is 0 Å². The van der Waals surface area contributed by atoms with E-state index < -0.39 is 63.2 Å². The van der Waals surface area contributed by atoms with Crippen LogP contribution in [0, 0.1) is 11.8 Å². The first-order valence-electron chi connectivity index (χ1n) is 13.5. The van der Waals surface area contributed by atoms with E-state index in [0.717, 1.165) is 19.8 Å². The van der Waals surface area contributed by atoms with Gasteiger partial charge in [0.05, 0.1) is 12.3 Å². The molecule has 6 atom stereocenters. The van der Waals surface area contributed by atoms with Crippen LogP contribution >= 0.6 is 8.18 Å². The summed E-state index contributed by atoms with van der Waals surface area (Å²) in [5.74, 6) is -2.01. The number of nitrogen functional groups attached to an aromatic ring is 1. The number of aromatic nitrogens is 3. The van der Waals surface area contributed by atoms with E-state index in [2.05, 4.69) is 15.2 Å². The number of halogens is 1. The summed E-state index contributed by atoms with van der Waals surface area (Å²) in [4.78, 5) is 40.7. The largest absolute Gasteiger partial charge is 0.613 e. The Morgan fingerprint density at radius 3 is 2.59 bits per heavy atom. The highest BCUT2D eigenvalue weighted by molar-refractivity contribution is 7.36. The highest BCUT2D eigenvalue weighted by Crippen LogP contribution is 2.49. The number of fused-ring (bicyclic) bond motifs is 1. The molecule has 0 aromatic carbocycles. The number of nitrogens with two attached hydrogens (primary N) is 1. The van der Waals surface area contributed by atoms with Gasteiger partial charge in [0.1, 0.15) is 49.2 Å². The van der Waals surface area contributed by atoms with Gasteiger partial charge >= 0.3 is 20.1 Å². The number of carbonyl (C=O) groups excluding carboxylic acids is 3. The second-order valence-electron chi connectivity index (χ2n) is 10.2. The molecule has 13 nitrogen and oxygen atoms in total. The molecule has 0 aliphatic carbocycles. The molecule has 0 radical (unpaired) electrons. The van der Waals surface area contributed by atoms with E-state index in [1.807, 2.05) is 13.8 Å². The van der Waals surface area contributed by atoms with Gasteiger partial charge in [-0.3, -0.25) is 9.59 Å². The molecular formula is C26H38FN5O8P+. The Labute approximate surface area is 238 Å². The molecule has 0 amide bonds. The van der Waals surface area contributed by atoms with E-state index in [-0.39, 0.29) is 30.5 Å². The predicted molar refractivity (Wildman–Crippen MR) is 145 cm³/mol. The number of esters is 2. The normalized spacial score (nSPS) is 23.5. The summed E-state index contributed by atoms with van der Waals surface area (Å²) >= 11 is 0. The zero-order valence-electron chi connectivity index (χ0n) is 23.9. The van der Waals surface area contributed by atoms with Gasteiger partial charge in [0.15, 0.2) is 11.4 Å². The molecule has 2 aromatic rings. The minimum absolute atomic E-state index is 0.123. The molecule has 3 rings (SSSR count). The molecular weight excluding hydrogens is 560 g/mol. The zero-order valence-corrected chi connectivity index (χ0v) is 24.8. The van der Waals surface area contributed by atoms with Crippen LogP contribution in [0.15, 0.2) is 18.5 Å². The number of nitrogens with one attached hydrogen (secondary N) is 1. The summed E-state index contributed by atoms with van der Waals surface area (Å²) in [6.07, 6.45) is 0.551. The number of anilines is 1. The number of nitrogens with zero attached hydrogens (tertiary/aromatic N) is 3. The first-order valence-corrected chi connectivity index (χ1v) is 14.7. The monoisotopic (exact) mass is 598 g/mol. The lowest BCUT2D eigenvalue weighted by atomic mass is 9.85. The maximum absolute atomic E-state index is 14.9. The fraction of sp³-hybridized carbons (Fsp3) is 0.654. The Hall–Kier alpha value is -3.06. The quantitative estimate of drug-likeness (QED) is 0.227. The van der Waals surface area contributed by atoms with Gasteiger partial charge in [0.25, 0.3) is 0 Å². The fourth-order valence-corrected chi connectivity index (χ4v) is 5.70. The Kier molecular flexibility index (Phi) is 11.3. The van der Waals surface area contributed by atoms with Crippen molar-refractivity contribution in [3.05, 3.63) is 24.2 Å². The van der Waals surface area contributed by atoms with E-state index in [9.17, 15) is 23.3 Å². The van der Waals surface area contributed by atoms with E-state index >= 15 is 0 Å². The van der Waals surface area contributed by atoms with Crippen molar-refractivity contribution < 1.29 is 42.1 Å². The molecule has 0 spiro atoms. The van der Waals surface area contributed by atoms with Crippen LogP contribution in [-0.4, -0.2) is 70.0 Å². The van der Waals surface area contributed by atoms with Crippen molar-refractivity contribution in [3.63, 3.8) is 0 Å². The topological polar surface area (TPSA) is 173 Å². The summed E-state index contributed by atoms with van der Waals surface area (Å²) in [6, 6.07) is 2.32. The average Bonchev–Trinajstić information content (AvgIpc) is 3.48. The molecule has 3 N–H and O–H groups in total. The number of carbonyl (C=O) groups is 3. The number of alkyl halides is 1. The van der Waals surface area contributed by atoms with Crippen LogP contribution < -0.4 is 10.8 Å². The van der Waals surface area contributed by atoms with E-state index in [1.54, 1.807) is 12.1 Å². The van der Waals surface area contributed by atoms with E-state index in [1.165, 1.54) is 24.7 Å². The summed E-state index contributed by atoms with van der Waals surface area (Å²) in [5.41, 5.74) is 4.91. The molecule has 0 bridgehead atoms. The van der Waals surface area contributed by atoms with Crippen LogP contribution in [-0.2, 0) is 37.7 Å². The van der Waals surface area contributed by atoms with E-state index in [0.29, 0.717) is 11.2 Å². The predicted octanol–water partition coefficient (Wildman–Crippen LogP) is 3.25. The second kappa shape index (κ2) is 14.2. The van der Waals surface area contributed by atoms with Gasteiger partial charge in [-0.1, -0.05) is 31.8 Å². The molecule has 41 heavy (non-hydrogen) atoms. The minimum atomic E-state index is -2.70. The highest BCUT2D eigenvalue weighted by atomic mass is 31.1. The second-order valence-corrected chi connectivity index (χ2v) is 11.3. The van der Waals surface area contributed by atoms with Crippen LogP contribution in [0.5, 0.6) is 0 Å². The number of rotatable bonds is 15. The van der Waals surface area contributed by atoms with Gasteiger partial charge in [-0.15, -0.1) is 4.52 Å². The van der Waals surface area contributed by atoms with Gasteiger partial charge in [-0.25, -0.2) is 13.9 Å². The standard InChI is InChI=1S/C26H38FN5O8P/c1-6-18(7-2)11-37-25(35)16(4)31-41(36)38-13-26(12-27)23(39-17(5)34)19(10-15(3)33)22(40-26)20-8-9-21-24(28)29-14-30-32(20)21/h8-9,14,16,18-19,22-23H,6-7,10-13H2,1-5H3,(H,31,36)(H2,28,29,30)/q+1/t16-,19-,22+,23-,26+/m0/s1. The molecule has 15 heteroatoms. The van der Waals surface area contributed by atoms with E-state index in [4.69, 9.17) is 24.5 Å². The lowest BCUT2D eigenvalue weighted by Crippen LogP contribution is -2.50. The van der Waals surface area contributed by atoms with Crippen molar-refractivity contribution >= 4 is 37.2 Å². The number of hydrogen-bond acceptors (Lipinski definition) is 11.